The maximum absolute atomic E-state index is 11.8. The Hall–Kier alpha value is -1.79. The number of amides is 3. The number of likely N-dealkylation sites (tertiary alicyclic amines) is 1. The summed E-state index contributed by atoms with van der Waals surface area (Å²) >= 11 is 0. The number of urea groups is 1. The molecule has 1 rings (SSSR count). The molecule has 0 aromatic rings. The molecule has 1 aliphatic rings. The Labute approximate surface area is 118 Å². The van der Waals surface area contributed by atoms with Crippen LogP contribution in [-0.2, 0) is 9.59 Å². The van der Waals surface area contributed by atoms with Gasteiger partial charge in [-0.25, -0.2) is 9.59 Å². The molecule has 0 aromatic carbocycles. The molecule has 0 aliphatic carbocycles. The molecule has 1 fully saturated rings. The fourth-order valence-electron chi connectivity index (χ4n) is 1.97. The third-order valence-electron chi connectivity index (χ3n) is 3.29. The number of nitrogens with zero attached hydrogens (tertiary/aromatic N) is 1. The summed E-state index contributed by atoms with van der Waals surface area (Å²) < 4.78 is 0. The summed E-state index contributed by atoms with van der Waals surface area (Å²) in [5, 5.41) is 13.7. The summed E-state index contributed by atoms with van der Waals surface area (Å²) in [4.78, 5) is 36.0. The first-order valence-corrected chi connectivity index (χ1v) is 6.90. The minimum Gasteiger partial charge on any atom is -0.480 e. The molecule has 0 aromatic heterocycles. The van der Waals surface area contributed by atoms with Crippen LogP contribution in [0.2, 0.25) is 0 Å². The van der Waals surface area contributed by atoms with Gasteiger partial charge in [-0.05, 0) is 33.1 Å². The van der Waals surface area contributed by atoms with Crippen molar-refractivity contribution in [1.29, 1.82) is 0 Å². The van der Waals surface area contributed by atoms with Gasteiger partial charge in [0.05, 0.1) is 0 Å². The summed E-state index contributed by atoms with van der Waals surface area (Å²) in [6, 6.07) is -0.580. The number of hydrogen-bond acceptors (Lipinski definition) is 3. The van der Waals surface area contributed by atoms with Crippen LogP contribution < -0.4 is 10.6 Å². The number of carboxylic acids is 1. The zero-order valence-electron chi connectivity index (χ0n) is 12.1. The predicted octanol–water partition coefficient (Wildman–Crippen LogP) is 0.551. The Morgan fingerprint density at radius 1 is 1.15 bits per heavy atom. The average Bonchev–Trinajstić information content (AvgIpc) is 2.38. The fraction of sp³-hybridized carbons (Fsp3) is 0.769. The molecule has 0 atom stereocenters. The van der Waals surface area contributed by atoms with E-state index >= 15 is 0 Å². The predicted molar refractivity (Wildman–Crippen MR) is 73.3 cm³/mol. The first-order valence-electron chi connectivity index (χ1n) is 6.90. The molecule has 0 spiro atoms. The lowest BCUT2D eigenvalue weighted by Gasteiger charge is -2.27. The highest BCUT2D eigenvalue weighted by molar-refractivity contribution is 5.85. The molecule has 1 heterocycles. The molecule has 0 radical (unpaired) electrons. The van der Waals surface area contributed by atoms with Crippen LogP contribution in [0.3, 0.4) is 0 Å². The standard InChI is InChI=1S/C13H23N3O4/c1-13(2,11(18)19)15-12(20)14-7-6-10(17)16-8-4-3-5-9-16/h3-9H2,1-2H3,(H,18,19)(H2,14,15,20). The Balaban J connectivity index is 2.24. The lowest BCUT2D eigenvalue weighted by molar-refractivity contribution is -0.143. The minimum atomic E-state index is -1.33. The minimum absolute atomic E-state index is 0.0301. The lowest BCUT2D eigenvalue weighted by atomic mass is 10.1. The van der Waals surface area contributed by atoms with Crippen molar-refractivity contribution in [3.05, 3.63) is 0 Å². The number of nitrogens with one attached hydrogen (secondary N) is 2. The van der Waals surface area contributed by atoms with Crippen molar-refractivity contribution in [3.8, 4) is 0 Å². The van der Waals surface area contributed by atoms with E-state index < -0.39 is 17.5 Å². The number of aliphatic carboxylic acids is 1. The quantitative estimate of drug-likeness (QED) is 0.687. The van der Waals surface area contributed by atoms with E-state index in [1.807, 2.05) is 4.90 Å². The third kappa shape index (κ3) is 5.07. The normalized spacial score (nSPS) is 15.6. The highest BCUT2D eigenvalue weighted by Crippen LogP contribution is 2.09. The van der Waals surface area contributed by atoms with E-state index in [2.05, 4.69) is 10.6 Å². The zero-order chi connectivity index (χ0) is 15.2. The molecule has 20 heavy (non-hydrogen) atoms. The fourth-order valence-corrected chi connectivity index (χ4v) is 1.97. The van der Waals surface area contributed by atoms with Gasteiger partial charge in [0.2, 0.25) is 5.91 Å². The number of carbonyl (C=O) groups is 3. The Kier molecular flexibility index (Phi) is 5.79. The Bertz CT molecular complexity index is 376. The molecule has 0 unspecified atom stereocenters. The van der Waals surface area contributed by atoms with Crippen molar-refractivity contribution >= 4 is 17.9 Å². The summed E-state index contributed by atoms with van der Waals surface area (Å²) in [5.74, 6) is -1.08. The second kappa shape index (κ2) is 7.12. The first kappa shape index (κ1) is 16.3. The van der Waals surface area contributed by atoms with Crippen LogP contribution in [0, 0.1) is 0 Å². The van der Waals surface area contributed by atoms with Crippen LogP contribution in [-0.4, -0.2) is 53.1 Å². The van der Waals surface area contributed by atoms with E-state index in [0.717, 1.165) is 32.4 Å². The van der Waals surface area contributed by atoms with E-state index in [-0.39, 0.29) is 18.9 Å². The summed E-state index contributed by atoms with van der Waals surface area (Å²) in [5.41, 5.74) is -1.33. The molecule has 1 aliphatic heterocycles. The van der Waals surface area contributed by atoms with Gasteiger partial charge in [0, 0.05) is 26.1 Å². The highest BCUT2D eigenvalue weighted by atomic mass is 16.4. The second-order valence-corrected chi connectivity index (χ2v) is 5.50. The first-order chi connectivity index (χ1) is 9.33. The van der Waals surface area contributed by atoms with Crippen molar-refractivity contribution < 1.29 is 19.5 Å². The number of carbonyl (C=O) groups excluding carboxylic acids is 2. The van der Waals surface area contributed by atoms with Gasteiger partial charge < -0.3 is 20.6 Å². The summed E-state index contributed by atoms with van der Waals surface area (Å²) in [6.07, 6.45) is 3.47. The summed E-state index contributed by atoms with van der Waals surface area (Å²) in [6.45, 7) is 4.58. The summed E-state index contributed by atoms with van der Waals surface area (Å²) in [7, 11) is 0. The van der Waals surface area contributed by atoms with Crippen LogP contribution in [0.5, 0.6) is 0 Å². The van der Waals surface area contributed by atoms with E-state index in [4.69, 9.17) is 5.11 Å². The molecular formula is C13H23N3O4. The Morgan fingerprint density at radius 3 is 2.30 bits per heavy atom. The van der Waals surface area contributed by atoms with Crippen LogP contribution >= 0.6 is 0 Å². The molecule has 114 valence electrons. The van der Waals surface area contributed by atoms with Gasteiger partial charge in [-0.15, -0.1) is 0 Å². The van der Waals surface area contributed by atoms with Gasteiger partial charge >= 0.3 is 12.0 Å². The van der Waals surface area contributed by atoms with Gasteiger partial charge in [-0.2, -0.15) is 0 Å². The van der Waals surface area contributed by atoms with Crippen LogP contribution in [0.1, 0.15) is 39.5 Å². The topological polar surface area (TPSA) is 98.7 Å². The maximum Gasteiger partial charge on any atom is 0.328 e. The van der Waals surface area contributed by atoms with Crippen molar-refractivity contribution in [2.45, 2.75) is 45.1 Å². The van der Waals surface area contributed by atoms with E-state index in [0.29, 0.717) is 0 Å². The van der Waals surface area contributed by atoms with E-state index in [9.17, 15) is 14.4 Å². The molecule has 0 bridgehead atoms. The molecule has 0 saturated carbocycles. The molecule has 7 nitrogen and oxygen atoms in total. The Morgan fingerprint density at radius 2 is 1.75 bits per heavy atom. The SMILES string of the molecule is CC(C)(NC(=O)NCCC(=O)N1CCCCC1)C(=O)O. The molecule has 1 saturated heterocycles. The van der Waals surface area contributed by atoms with Crippen molar-refractivity contribution in [2.75, 3.05) is 19.6 Å². The number of carboxylic acid groups (broad SMARTS) is 1. The van der Waals surface area contributed by atoms with Gasteiger partial charge in [0.25, 0.3) is 0 Å². The average molecular weight is 285 g/mol. The van der Waals surface area contributed by atoms with Gasteiger partial charge in [-0.1, -0.05) is 0 Å². The van der Waals surface area contributed by atoms with Crippen molar-refractivity contribution in [1.82, 2.24) is 15.5 Å². The molecular weight excluding hydrogens is 262 g/mol. The van der Waals surface area contributed by atoms with Crippen LogP contribution in [0.15, 0.2) is 0 Å². The number of hydrogen-bond donors (Lipinski definition) is 3. The number of rotatable bonds is 5. The third-order valence-corrected chi connectivity index (χ3v) is 3.29. The highest BCUT2D eigenvalue weighted by Gasteiger charge is 2.28. The smallest absolute Gasteiger partial charge is 0.328 e. The van der Waals surface area contributed by atoms with Crippen molar-refractivity contribution in [3.63, 3.8) is 0 Å². The second-order valence-electron chi connectivity index (χ2n) is 5.50. The van der Waals surface area contributed by atoms with Crippen LogP contribution in [0.4, 0.5) is 4.79 Å². The molecule has 3 N–H and O–H groups in total. The largest absolute Gasteiger partial charge is 0.480 e. The van der Waals surface area contributed by atoms with Crippen molar-refractivity contribution in [2.24, 2.45) is 0 Å². The van der Waals surface area contributed by atoms with Gasteiger partial charge in [-0.3, -0.25) is 4.79 Å². The van der Waals surface area contributed by atoms with Crippen LogP contribution in [0.25, 0.3) is 0 Å². The zero-order valence-corrected chi connectivity index (χ0v) is 12.1. The van der Waals surface area contributed by atoms with E-state index in [1.54, 1.807) is 0 Å². The van der Waals surface area contributed by atoms with E-state index in [1.165, 1.54) is 13.8 Å². The van der Waals surface area contributed by atoms with Gasteiger partial charge in [0.1, 0.15) is 5.54 Å². The number of piperidine rings is 1. The monoisotopic (exact) mass is 285 g/mol. The lowest BCUT2D eigenvalue weighted by Crippen LogP contribution is -2.53. The maximum atomic E-state index is 11.8. The molecule has 3 amide bonds. The van der Waals surface area contributed by atoms with Gasteiger partial charge in [0.15, 0.2) is 0 Å². The molecule has 7 heteroatoms.